The Balaban J connectivity index is 1.94. The zero-order valence-corrected chi connectivity index (χ0v) is 18.0. The molecule has 0 amide bonds. The van der Waals surface area contributed by atoms with Crippen LogP contribution in [0.15, 0.2) is 42.5 Å². The molecule has 0 aliphatic carbocycles. The first kappa shape index (κ1) is 22.1. The number of benzene rings is 2. The summed E-state index contributed by atoms with van der Waals surface area (Å²) in [5, 5.41) is 20.4. The minimum absolute atomic E-state index is 0.0786. The van der Waals surface area contributed by atoms with Crippen LogP contribution in [-0.2, 0) is 0 Å². The van der Waals surface area contributed by atoms with Gasteiger partial charge in [-0.3, -0.25) is 0 Å². The van der Waals surface area contributed by atoms with E-state index in [1.54, 1.807) is 24.3 Å². The molecule has 0 saturated carbocycles. The number of aromatic nitrogens is 1. The number of anilines is 1. The highest BCUT2D eigenvalue weighted by Gasteiger charge is 2.23. The molecule has 7 nitrogen and oxygen atoms in total. The average Bonchev–Trinajstić information content (AvgIpc) is 2.83. The van der Waals surface area contributed by atoms with Crippen molar-refractivity contribution in [2.75, 3.05) is 25.1 Å². The lowest BCUT2D eigenvalue weighted by Gasteiger charge is -2.31. The summed E-state index contributed by atoms with van der Waals surface area (Å²) in [5.74, 6) is 0.161. The summed E-state index contributed by atoms with van der Waals surface area (Å²) in [5.41, 5.74) is 8.06. The number of halogens is 1. The van der Waals surface area contributed by atoms with E-state index < -0.39 is 5.82 Å². The Morgan fingerprint density at radius 3 is 2.55 bits per heavy atom. The normalized spacial score (nSPS) is 13.9. The SMILES string of the molecule is [C-]#[N+]c1ccc(-c2c(C#N)cc(N3CCC(N)CC3)nc2-c2ccc(OC)c(O)c2)cc1F. The van der Waals surface area contributed by atoms with Gasteiger partial charge in [-0.25, -0.2) is 14.2 Å². The van der Waals surface area contributed by atoms with Gasteiger partial charge in [0.05, 0.1) is 31.0 Å². The Labute approximate surface area is 191 Å². The number of hydrogen-bond acceptors (Lipinski definition) is 6. The molecule has 0 spiro atoms. The standard InChI is InChI=1S/C25H22FN5O2/c1-29-20-5-3-15(11-19(20)26)24-17(14-27)13-23(31-9-7-18(28)8-10-31)30-25(24)16-4-6-22(33-2)21(32)12-16/h3-6,11-13,18,32H,7-10,28H2,2H3. The Morgan fingerprint density at radius 2 is 1.94 bits per heavy atom. The van der Waals surface area contributed by atoms with Crippen molar-refractivity contribution >= 4 is 11.5 Å². The van der Waals surface area contributed by atoms with Gasteiger partial charge < -0.3 is 20.5 Å². The second kappa shape index (κ2) is 9.15. The van der Waals surface area contributed by atoms with Gasteiger partial charge in [0, 0.05) is 30.3 Å². The van der Waals surface area contributed by atoms with E-state index in [0.717, 1.165) is 12.8 Å². The van der Waals surface area contributed by atoms with E-state index in [-0.39, 0.29) is 17.5 Å². The summed E-state index contributed by atoms with van der Waals surface area (Å²) in [6, 6.07) is 13.1. The van der Waals surface area contributed by atoms with Crippen LogP contribution < -0.4 is 15.4 Å². The quantitative estimate of drug-likeness (QED) is 0.571. The molecule has 1 saturated heterocycles. The Kier molecular flexibility index (Phi) is 6.12. The topological polar surface area (TPSA) is 99.8 Å². The summed E-state index contributed by atoms with van der Waals surface area (Å²) in [4.78, 5) is 10.1. The second-order valence-electron chi connectivity index (χ2n) is 7.85. The van der Waals surface area contributed by atoms with Crippen molar-refractivity contribution in [1.29, 1.82) is 5.26 Å². The molecule has 1 fully saturated rings. The monoisotopic (exact) mass is 443 g/mol. The molecule has 166 valence electrons. The highest BCUT2D eigenvalue weighted by Crippen LogP contribution is 2.40. The van der Waals surface area contributed by atoms with Crippen molar-refractivity contribution in [3.05, 3.63) is 65.3 Å². The molecular weight excluding hydrogens is 421 g/mol. The zero-order valence-electron chi connectivity index (χ0n) is 18.0. The molecule has 0 bridgehead atoms. The number of phenolic OH excluding ortho intramolecular Hbond substituents is 1. The summed E-state index contributed by atoms with van der Waals surface area (Å²) in [6.07, 6.45) is 1.63. The van der Waals surface area contributed by atoms with Crippen molar-refractivity contribution in [3.63, 3.8) is 0 Å². The molecule has 3 N–H and O–H groups in total. The van der Waals surface area contributed by atoms with E-state index in [2.05, 4.69) is 15.8 Å². The molecule has 2 aromatic carbocycles. The highest BCUT2D eigenvalue weighted by atomic mass is 19.1. The lowest BCUT2D eigenvalue weighted by atomic mass is 9.94. The second-order valence-corrected chi connectivity index (χ2v) is 7.85. The van der Waals surface area contributed by atoms with Gasteiger partial charge >= 0.3 is 0 Å². The Hall–Kier alpha value is -4.14. The van der Waals surface area contributed by atoms with Crippen molar-refractivity contribution in [2.24, 2.45) is 5.73 Å². The number of aromatic hydroxyl groups is 1. The number of ether oxygens (including phenoxy) is 1. The van der Waals surface area contributed by atoms with E-state index in [4.69, 9.17) is 22.0 Å². The van der Waals surface area contributed by atoms with Crippen LogP contribution >= 0.6 is 0 Å². The summed E-state index contributed by atoms with van der Waals surface area (Å²) in [7, 11) is 1.45. The molecule has 1 aliphatic rings. The maximum atomic E-state index is 14.5. The maximum absolute atomic E-state index is 14.5. The third-order valence-corrected chi connectivity index (χ3v) is 5.80. The van der Waals surface area contributed by atoms with Crippen molar-refractivity contribution in [2.45, 2.75) is 18.9 Å². The molecule has 0 atom stereocenters. The van der Waals surface area contributed by atoms with Gasteiger partial charge in [0.2, 0.25) is 5.69 Å². The molecule has 33 heavy (non-hydrogen) atoms. The zero-order chi connectivity index (χ0) is 23.5. The summed E-state index contributed by atoms with van der Waals surface area (Å²) < 4.78 is 19.6. The first-order valence-corrected chi connectivity index (χ1v) is 10.5. The third-order valence-electron chi connectivity index (χ3n) is 5.80. The van der Waals surface area contributed by atoms with Gasteiger partial charge in [-0.05, 0) is 48.7 Å². The minimum Gasteiger partial charge on any atom is -0.504 e. The Morgan fingerprint density at radius 1 is 1.21 bits per heavy atom. The molecule has 2 heterocycles. The maximum Gasteiger partial charge on any atom is 0.222 e. The fraction of sp³-hybridized carbons (Fsp3) is 0.240. The molecule has 1 aromatic heterocycles. The van der Waals surface area contributed by atoms with Gasteiger partial charge in [0.25, 0.3) is 0 Å². The lowest BCUT2D eigenvalue weighted by molar-refractivity contribution is 0.373. The van der Waals surface area contributed by atoms with Crippen LogP contribution in [0, 0.1) is 23.7 Å². The van der Waals surface area contributed by atoms with Crippen LogP contribution in [0.25, 0.3) is 27.2 Å². The van der Waals surface area contributed by atoms with E-state index in [0.29, 0.717) is 52.6 Å². The van der Waals surface area contributed by atoms with Gasteiger partial charge in [-0.2, -0.15) is 5.26 Å². The highest BCUT2D eigenvalue weighted by molar-refractivity contribution is 5.87. The number of nitrogens with zero attached hydrogens (tertiary/aromatic N) is 4. The predicted octanol–water partition coefficient (Wildman–Crippen LogP) is 4.62. The number of rotatable bonds is 4. The Bertz CT molecular complexity index is 1290. The van der Waals surface area contributed by atoms with Crippen LogP contribution in [-0.4, -0.2) is 36.3 Å². The number of methoxy groups -OCH3 is 1. The van der Waals surface area contributed by atoms with Gasteiger partial charge in [0.1, 0.15) is 11.6 Å². The number of phenols is 1. The number of pyridine rings is 1. The molecule has 0 unspecified atom stereocenters. The number of nitriles is 1. The van der Waals surface area contributed by atoms with E-state index in [1.807, 2.05) is 0 Å². The van der Waals surface area contributed by atoms with Crippen LogP contribution in [0.5, 0.6) is 11.5 Å². The van der Waals surface area contributed by atoms with E-state index >= 15 is 0 Å². The minimum atomic E-state index is -0.677. The molecule has 4 rings (SSSR count). The first-order valence-electron chi connectivity index (χ1n) is 10.5. The van der Waals surface area contributed by atoms with E-state index in [9.17, 15) is 14.8 Å². The summed E-state index contributed by atoms with van der Waals surface area (Å²) >= 11 is 0. The van der Waals surface area contributed by atoms with Crippen LogP contribution in [0.2, 0.25) is 0 Å². The first-order chi connectivity index (χ1) is 15.9. The van der Waals surface area contributed by atoms with Crippen LogP contribution in [0.3, 0.4) is 0 Å². The predicted molar refractivity (Wildman–Crippen MR) is 124 cm³/mol. The van der Waals surface area contributed by atoms with Gasteiger partial charge in [-0.1, -0.05) is 12.1 Å². The molecule has 3 aromatic rings. The molecule has 8 heteroatoms. The smallest absolute Gasteiger partial charge is 0.222 e. The lowest BCUT2D eigenvalue weighted by Crippen LogP contribution is -2.40. The summed E-state index contributed by atoms with van der Waals surface area (Å²) in [6.45, 7) is 8.52. The van der Waals surface area contributed by atoms with Crippen molar-refractivity contribution in [1.82, 2.24) is 4.98 Å². The molecule has 0 radical (unpaired) electrons. The third kappa shape index (κ3) is 4.30. The molecule has 1 aliphatic heterocycles. The number of nitrogens with two attached hydrogens (primary N) is 1. The van der Waals surface area contributed by atoms with Crippen LogP contribution in [0.1, 0.15) is 18.4 Å². The van der Waals surface area contributed by atoms with Gasteiger partial charge in [-0.15, -0.1) is 0 Å². The van der Waals surface area contributed by atoms with Crippen LogP contribution in [0.4, 0.5) is 15.9 Å². The number of piperidine rings is 1. The van der Waals surface area contributed by atoms with E-state index in [1.165, 1.54) is 25.3 Å². The van der Waals surface area contributed by atoms with Gasteiger partial charge in [0.15, 0.2) is 11.5 Å². The van der Waals surface area contributed by atoms with Crippen molar-refractivity contribution < 1.29 is 14.2 Å². The number of hydrogen-bond donors (Lipinski definition) is 2. The fourth-order valence-corrected chi connectivity index (χ4v) is 4.00. The largest absolute Gasteiger partial charge is 0.504 e. The molecular formula is C25H22FN5O2. The van der Waals surface area contributed by atoms with Crippen molar-refractivity contribution in [3.8, 4) is 40.0 Å². The average molecular weight is 443 g/mol. The fourth-order valence-electron chi connectivity index (χ4n) is 4.00.